The van der Waals surface area contributed by atoms with Crippen molar-refractivity contribution in [3.8, 4) is 55.6 Å². The first kappa shape index (κ1) is 41.2. The molecule has 314 valence electrons. The summed E-state index contributed by atoms with van der Waals surface area (Å²) in [5, 5.41) is 10.1. The molecule has 3 heterocycles. The Bertz CT molecular complexity index is 3080. The van der Waals surface area contributed by atoms with E-state index in [-0.39, 0.29) is 5.92 Å². The number of aromatic nitrogens is 2. The van der Waals surface area contributed by atoms with Gasteiger partial charge in [0.25, 0.3) is 0 Å². The standard InChI is InChI=1S/C61H50N4/c1-2-43-9-3-10-45(22-19-43)51-11-4-12-52(38-51)46-23-20-44(21-24-46)37-57-33-34-60(49-29-25-47(26-30-49)53-13-5-15-55(39-53)58-17-7-35-62-41-58)64-65-61(57)50-31-27-48(28-32-50)54-14-6-16-56(40-54)59-18-8-36-63-42-59/h3-18,20-32,35-36,38-42,57H,2,19,33-34,37H2,1H3. The molecule has 2 aliphatic rings. The molecule has 4 heteroatoms. The maximum absolute atomic E-state index is 5.12. The molecule has 0 spiro atoms. The molecule has 0 saturated heterocycles. The summed E-state index contributed by atoms with van der Waals surface area (Å²) < 4.78 is 0. The SMILES string of the molecule is CCC1=CC=CC(c2cccc(-c3ccc(CC4CCC(c5ccc(-c6cccc(-c7cccnc7)c6)cc5)=NN=C4c4ccc(-c5cccc(-c6cccnc6)c5)cc4)cc3)c2)=CC1. The Hall–Kier alpha value is -7.82. The van der Waals surface area contributed by atoms with Crippen LogP contribution in [0.1, 0.15) is 54.9 Å². The average molecular weight is 839 g/mol. The van der Waals surface area contributed by atoms with Crippen LogP contribution < -0.4 is 0 Å². The van der Waals surface area contributed by atoms with Gasteiger partial charge >= 0.3 is 0 Å². The number of pyridine rings is 2. The lowest BCUT2D eigenvalue weighted by atomic mass is 9.85. The molecule has 0 N–H and O–H groups in total. The summed E-state index contributed by atoms with van der Waals surface area (Å²) in [6.45, 7) is 2.23. The molecule has 0 amide bonds. The van der Waals surface area contributed by atoms with Crippen LogP contribution in [0.2, 0.25) is 0 Å². The predicted molar refractivity (Wildman–Crippen MR) is 272 cm³/mol. The largest absolute Gasteiger partial charge is 0.264 e. The van der Waals surface area contributed by atoms with Gasteiger partial charge in [0.2, 0.25) is 0 Å². The zero-order chi connectivity index (χ0) is 43.8. The fraction of sp³-hybridized carbons (Fsp3) is 0.115. The van der Waals surface area contributed by atoms with Gasteiger partial charge in [0.05, 0.1) is 11.4 Å². The molecule has 0 fully saturated rings. The third kappa shape index (κ3) is 9.58. The summed E-state index contributed by atoms with van der Waals surface area (Å²) in [6, 6.07) is 61.3. The van der Waals surface area contributed by atoms with Gasteiger partial charge in [-0.05, 0) is 135 Å². The molecule has 10 rings (SSSR count). The monoisotopic (exact) mass is 838 g/mol. The minimum Gasteiger partial charge on any atom is -0.264 e. The summed E-state index contributed by atoms with van der Waals surface area (Å²) in [7, 11) is 0. The molecule has 1 unspecified atom stereocenters. The second-order valence-corrected chi connectivity index (χ2v) is 17.0. The lowest BCUT2D eigenvalue weighted by Crippen LogP contribution is -2.18. The summed E-state index contributed by atoms with van der Waals surface area (Å²) in [5.74, 6) is 0.176. The highest BCUT2D eigenvalue weighted by Crippen LogP contribution is 2.33. The minimum atomic E-state index is 0.176. The second kappa shape index (κ2) is 19.3. The third-order valence-corrected chi connectivity index (χ3v) is 12.8. The lowest BCUT2D eigenvalue weighted by molar-refractivity contribution is 0.644. The molecule has 65 heavy (non-hydrogen) atoms. The van der Waals surface area contributed by atoms with Gasteiger partial charge in [0, 0.05) is 41.8 Å². The molecule has 0 bridgehead atoms. The fourth-order valence-electron chi connectivity index (χ4n) is 9.04. The first-order chi connectivity index (χ1) is 32.1. The number of rotatable bonds is 11. The molecule has 8 aromatic rings. The molecular formula is C61H50N4. The molecular weight excluding hydrogens is 789 g/mol. The van der Waals surface area contributed by atoms with Crippen molar-refractivity contribution in [3.63, 3.8) is 0 Å². The molecule has 1 aliphatic carbocycles. The highest BCUT2D eigenvalue weighted by atomic mass is 15.2. The maximum atomic E-state index is 5.12. The van der Waals surface area contributed by atoms with Gasteiger partial charge in [-0.15, -0.1) is 0 Å². The van der Waals surface area contributed by atoms with Crippen molar-refractivity contribution < 1.29 is 0 Å². The first-order valence-corrected chi connectivity index (χ1v) is 22.8. The van der Waals surface area contributed by atoms with Gasteiger partial charge in [-0.2, -0.15) is 10.2 Å². The van der Waals surface area contributed by atoms with Crippen LogP contribution in [-0.4, -0.2) is 21.4 Å². The summed E-state index contributed by atoms with van der Waals surface area (Å²) in [6.07, 6.45) is 21.2. The zero-order valence-corrected chi connectivity index (χ0v) is 36.7. The summed E-state index contributed by atoms with van der Waals surface area (Å²) in [5.41, 5.74) is 21.2. The Morgan fingerprint density at radius 2 is 0.969 bits per heavy atom. The van der Waals surface area contributed by atoms with E-state index in [9.17, 15) is 0 Å². The van der Waals surface area contributed by atoms with E-state index < -0.39 is 0 Å². The van der Waals surface area contributed by atoms with Gasteiger partial charge in [0.15, 0.2) is 0 Å². The van der Waals surface area contributed by atoms with Gasteiger partial charge in [-0.25, -0.2) is 0 Å². The maximum Gasteiger partial charge on any atom is 0.0737 e. The van der Waals surface area contributed by atoms with Crippen LogP contribution in [0.4, 0.5) is 0 Å². The predicted octanol–water partition coefficient (Wildman–Crippen LogP) is 15.3. The molecule has 0 radical (unpaired) electrons. The number of benzene rings is 6. The van der Waals surface area contributed by atoms with Crippen LogP contribution in [0.15, 0.2) is 235 Å². The van der Waals surface area contributed by atoms with Crippen molar-refractivity contribution in [1.82, 2.24) is 9.97 Å². The molecule has 0 saturated carbocycles. The zero-order valence-electron chi connectivity index (χ0n) is 36.7. The summed E-state index contributed by atoms with van der Waals surface area (Å²) >= 11 is 0. The Kier molecular flexibility index (Phi) is 12.2. The average Bonchev–Trinajstić information content (AvgIpc) is 3.76. The van der Waals surface area contributed by atoms with E-state index in [1.54, 1.807) is 0 Å². The molecule has 1 atom stereocenters. The Labute approximate surface area is 382 Å². The van der Waals surface area contributed by atoms with Gasteiger partial charge in [-0.1, -0.05) is 176 Å². The van der Waals surface area contributed by atoms with Gasteiger partial charge in [0.1, 0.15) is 0 Å². The highest BCUT2D eigenvalue weighted by molar-refractivity contribution is 6.07. The van der Waals surface area contributed by atoms with E-state index in [0.717, 1.165) is 82.5 Å². The van der Waals surface area contributed by atoms with Crippen molar-refractivity contribution >= 4 is 17.0 Å². The lowest BCUT2D eigenvalue weighted by Gasteiger charge is -2.18. The first-order valence-electron chi connectivity index (χ1n) is 22.8. The van der Waals surface area contributed by atoms with Crippen molar-refractivity contribution in [3.05, 3.63) is 247 Å². The van der Waals surface area contributed by atoms with Crippen molar-refractivity contribution in [2.45, 2.75) is 39.0 Å². The smallest absolute Gasteiger partial charge is 0.0737 e. The molecule has 2 aromatic heterocycles. The minimum absolute atomic E-state index is 0.176. The van der Waals surface area contributed by atoms with E-state index in [4.69, 9.17) is 10.2 Å². The van der Waals surface area contributed by atoms with Gasteiger partial charge < -0.3 is 0 Å². The van der Waals surface area contributed by atoms with Crippen LogP contribution in [0.3, 0.4) is 0 Å². The number of hydrogen-bond acceptors (Lipinski definition) is 4. The Balaban J connectivity index is 0.917. The number of hydrogen-bond donors (Lipinski definition) is 0. The summed E-state index contributed by atoms with van der Waals surface area (Å²) in [4.78, 5) is 8.66. The topological polar surface area (TPSA) is 50.5 Å². The van der Waals surface area contributed by atoms with Crippen molar-refractivity contribution in [2.24, 2.45) is 16.1 Å². The van der Waals surface area contributed by atoms with Crippen LogP contribution in [-0.2, 0) is 6.42 Å². The Morgan fingerprint density at radius 1 is 0.477 bits per heavy atom. The molecule has 4 nitrogen and oxygen atoms in total. The van der Waals surface area contributed by atoms with Crippen LogP contribution >= 0.6 is 0 Å². The van der Waals surface area contributed by atoms with Crippen LogP contribution in [0.5, 0.6) is 0 Å². The van der Waals surface area contributed by atoms with Crippen molar-refractivity contribution in [2.75, 3.05) is 0 Å². The van der Waals surface area contributed by atoms with Crippen LogP contribution in [0.25, 0.3) is 61.2 Å². The van der Waals surface area contributed by atoms with E-state index in [1.807, 2.05) is 36.9 Å². The van der Waals surface area contributed by atoms with Gasteiger partial charge in [-0.3, -0.25) is 9.97 Å². The quantitative estimate of drug-likeness (QED) is 0.130. The highest BCUT2D eigenvalue weighted by Gasteiger charge is 2.23. The third-order valence-electron chi connectivity index (χ3n) is 12.8. The molecule has 1 aliphatic heterocycles. The van der Waals surface area contributed by atoms with E-state index in [1.165, 1.54) is 50.1 Å². The normalized spacial score (nSPS) is 14.9. The second-order valence-electron chi connectivity index (χ2n) is 17.0. The number of allylic oxidation sites excluding steroid dienone is 6. The fourth-order valence-corrected chi connectivity index (χ4v) is 9.04. The van der Waals surface area contributed by atoms with Crippen LogP contribution in [0, 0.1) is 5.92 Å². The van der Waals surface area contributed by atoms with E-state index in [2.05, 4.69) is 199 Å². The molecule has 6 aromatic carbocycles. The number of nitrogens with zero attached hydrogens (tertiary/aromatic N) is 4. The van der Waals surface area contributed by atoms with E-state index >= 15 is 0 Å². The Morgan fingerprint density at radius 3 is 1.52 bits per heavy atom. The van der Waals surface area contributed by atoms with Crippen molar-refractivity contribution in [1.29, 1.82) is 0 Å². The van der Waals surface area contributed by atoms with E-state index in [0.29, 0.717) is 0 Å².